The lowest BCUT2D eigenvalue weighted by Gasteiger charge is -2.05. The van der Waals surface area contributed by atoms with Gasteiger partial charge in [0, 0.05) is 47.2 Å². The van der Waals surface area contributed by atoms with Crippen LogP contribution in [0.25, 0.3) is 11.0 Å². The summed E-state index contributed by atoms with van der Waals surface area (Å²) in [6.07, 6.45) is 6.63. The highest BCUT2D eigenvalue weighted by Crippen LogP contribution is 2.31. The van der Waals surface area contributed by atoms with Crippen LogP contribution in [0.4, 0.5) is 5.69 Å². The number of rotatable bonds is 5. The van der Waals surface area contributed by atoms with Crippen molar-refractivity contribution >= 4 is 34.3 Å². The molecule has 1 amide bonds. The van der Waals surface area contributed by atoms with Crippen LogP contribution < -0.4 is 5.32 Å². The second kappa shape index (κ2) is 7.37. The first kappa shape index (κ1) is 16.3. The number of pyridine rings is 1. The number of fused-ring (bicyclic) bond motifs is 1. The van der Waals surface area contributed by atoms with Crippen LogP contribution in [0.2, 0.25) is 0 Å². The van der Waals surface area contributed by atoms with E-state index in [1.165, 1.54) is 11.8 Å². The van der Waals surface area contributed by atoms with Crippen molar-refractivity contribution in [2.75, 3.05) is 5.32 Å². The molecule has 4 aromatic rings. The first-order valence-corrected chi connectivity index (χ1v) is 8.91. The van der Waals surface area contributed by atoms with Crippen molar-refractivity contribution in [3.8, 4) is 0 Å². The minimum atomic E-state index is -0.294. The molecule has 0 unspecified atom stereocenters. The molecule has 0 bridgehead atoms. The number of hydrogen-bond donors (Lipinski definition) is 1. The van der Waals surface area contributed by atoms with Gasteiger partial charge in [-0.15, -0.1) is 0 Å². The molecule has 7 heteroatoms. The summed E-state index contributed by atoms with van der Waals surface area (Å²) in [5.41, 5.74) is 2.16. The zero-order chi connectivity index (χ0) is 17.8. The van der Waals surface area contributed by atoms with Gasteiger partial charge in [0.1, 0.15) is 5.58 Å². The lowest BCUT2D eigenvalue weighted by Crippen LogP contribution is -2.12. The molecule has 0 spiro atoms. The van der Waals surface area contributed by atoms with Crippen LogP contribution in [0.15, 0.2) is 76.8 Å². The van der Waals surface area contributed by atoms with Crippen LogP contribution >= 0.6 is 11.8 Å². The molecule has 0 saturated carbocycles. The zero-order valence-corrected chi connectivity index (χ0v) is 14.4. The van der Waals surface area contributed by atoms with E-state index in [2.05, 4.69) is 20.3 Å². The summed E-state index contributed by atoms with van der Waals surface area (Å²) >= 11 is 1.46. The molecule has 1 N–H and O–H groups in total. The van der Waals surface area contributed by atoms with Crippen molar-refractivity contribution in [3.63, 3.8) is 0 Å². The van der Waals surface area contributed by atoms with Gasteiger partial charge in [0.15, 0.2) is 10.9 Å². The minimum Gasteiger partial charge on any atom is -0.451 e. The Kier molecular flexibility index (Phi) is 4.61. The first-order valence-electron chi connectivity index (χ1n) is 7.93. The van der Waals surface area contributed by atoms with Gasteiger partial charge in [-0.1, -0.05) is 30.0 Å². The second-order valence-electron chi connectivity index (χ2n) is 5.42. The largest absolute Gasteiger partial charge is 0.451 e. The maximum atomic E-state index is 12.8. The van der Waals surface area contributed by atoms with Crippen LogP contribution in [-0.2, 0) is 5.75 Å². The summed E-state index contributed by atoms with van der Waals surface area (Å²) < 4.78 is 5.84. The molecule has 3 heterocycles. The summed E-state index contributed by atoms with van der Waals surface area (Å²) in [5, 5.41) is 4.41. The average molecular weight is 362 g/mol. The molecule has 0 aliphatic carbocycles. The first-order chi connectivity index (χ1) is 12.8. The Hall–Kier alpha value is -3.19. The molecule has 0 saturated heterocycles. The highest BCUT2D eigenvalue weighted by Gasteiger charge is 2.21. The van der Waals surface area contributed by atoms with E-state index >= 15 is 0 Å². The number of anilines is 1. The molecule has 0 aliphatic rings. The third kappa shape index (κ3) is 3.43. The quantitative estimate of drug-likeness (QED) is 0.424. The van der Waals surface area contributed by atoms with Crippen LogP contribution in [0.5, 0.6) is 0 Å². The van der Waals surface area contributed by atoms with Crippen molar-refractivity contribution in [1.29, 1.82) is 0 Å². The Labute approximate surface area is 153 Å². The van der Waals surface area contributed by atoms with Gasteiger partial charge in [0.05, 0.1) is 0 Å². The average Bonchev–Trinajstić information content (AvgIpc) is 3.07. The number of furan rings is 1. The topological polar surface area (TPSA) is 80.9 Å². The SMILES string of the molecule is O=C(Nc1ccncc1)c1oc2ccccc2c1CSc1ncccn1. The van der Waals surface area contributed by atoms with Gasteiger partial charge in [-0.3, -0.25) is 9.78 Å². The van der Waals surface area contributed by atoms with Gasteiger partial charge in [0.2, 0.25) is 0 Å². The second-order valence-corrected chi connectivity index (χ2v) is 6.36. The summed E-state index contributed by atoms with van der Waals surface area (Å²) in [6, 6.07) is 12.8. The number of nitrogens with zero attached hydrogens (tertiary/aromatic N) is 3. The summed E-state index contributed by atoms with van der Waals surface area (Å²) in [4.78, 5) is 25.1. The Bertz CT molecular complexity index is 1040. The monoisotopic (exact) mass is 362 g/mol. The highest BCUT2D eigenvalue weighted by atomic mass is 32.2. The summed E-state index contributed by atoms with van der Waals surface area (Å²) in [7, 11) is 0. The normalized spacial score (nSPS) is 10.8. The molecule has 1 aromatic carbocycles. The Morgan fingerprint density at radius 2 is 1.77 bits per heavy atom. The molecule has 0 aliphatic heterocycles. The minimum absolute atomic E-state index is 0.294. The molecule has 0 radical (unpaired) electrons. The molecule has 4 rings (SSSR count). The van der Waals surface area contributed by atoms with E-state index in [0.29, 0.717) is 27.9 Å². The van der Waals surface area contributed by atoms with Gasteiger partial charge in [-0.05, 0) is 24.3 Å². The Morgan fingerprint density at radius 1 is 1.00 bits per heavy atom. The van der Waals surface area contributed by atoms with E-state index in [4.69, 9.17) is 4.42 Å². The third-order valence-electron chi connectivity index (χ3n) is 3.73. The number of amides is 1. The Morgan fingerprint density at radius 3 is 2.58 bits per heavy atom. The van der Waals surface area contributed by atoms with Gasteiger partial charge in [0.25, 0.3) is 5.91 Å². The van der Waals surface area contributed by atoms with Crippen molar-refractivity contribution in [2.45, 2.75) is 10.9 Å². The van der Waals surface area contributed by atoms with Gasteiger partial charge < -0.3 is 9.73 Å². The number of nitrogens with one attached hydrogen (secondary N) is 1. The molecular weight excluding hydrogens is 348 g/mol. The van der Waals surface area contributed by atoms with Crippen molar-refractivity contribution in [3.05, 3.63) is 78.6 Å². The zero-order valence-electron chi connectivity index (χ0n) is 13.6. The number of carbonyl (C=O) groups excluding carboxylic acids is 1. The van der Waals surface area contributed by atoms with Gasteiger partial charge in [-0.25, -0.2) is 9.97 Å². The number of carbonyl (C=O) groups is 1. The lowest BCUT2D eigenvalue weighted by atomic mass is 10.1. The fraction of sp³-hybridized carbons (Fsp3) is 0.0526. The number of aromatic nitrogens is 3. The predicted octanol–water partition coefficient (Wildman–Crippen LogP) is 4.16. The maximum absolute atomic E-state index is 12.8. The van der Waals surface area contributed by atoms with E-state index < -0.39 is 0 Å². The van der Waals surface area contributed by atoms with Crippen LogP contribution in [0.3, 0.4) is 0 Å². The number of benzene rings is 1. The van der Waals surface area contributed by atoms with E-state index in [1.54, 1.807) is 43.0 Å². The summed E-state index contributed by atoms with van der Waals surface area (Å²) in [5.74, 6) is 0.531. The molecule has 26 heavy (non-hydrogen) atoms. The highest BCUT2D eigenvalue weighted by molar-refractivity contribution is 7.98. The van der Waals surface area contributed by atoms with Crippen molar-refractivity contribution < 1.29 is 9.21 Å². The molecule has 0 fully saturated rings. The van der Waals surface area contributed by atoms with E-state index in [-0.39, 0.29) is 5.91 Å². The standard InChI is InChI=1S/C19H14N4O2S/c24-18(23-13-6-10-20-11-7-13)17-15(12-26-19-21-8-3-9-22-19)14-4-1-2-5-16(14)25-17/h1-11H,12H2,(H,20,23,24). The molecule has 6 nitrogen and oxygen atoms in total. The number of hydrogen-bond acceptors (Lipinski definition) is 6. The third-order valence-corrected chi connectivity index (χ3v) is 4.63. The number of para-hydroxylation sites is 1. The maximum Gasteiger partial charge on any atom is 0.291 e. The predicted molar refractivity (Wildman–Crippen MR) is 100.0 cm³/mol. The molecule has 0 atom stereocenters. The van der Waals surface area contributed by atoms with E-state index in [1.807, 2.05) is 24.3 Å². The Balaban J connectivity index is 1.66. The van der Waals surface area contributed by atoms with Crippen molar-refractivity contribution in [1.82, 2.24) is 15.0 Å². The van der Waals surface area contributed by atoms with Crippen LogP contribution in [0.1, 0.15) is 16.1 Å². The van der Waals surface area contributed by atoms with E-state index in [9.17, 15) is 4.79 Å². The molecular formula is C19H14N4O2S. The molecule has 128 valence electrons. The van der Waals surface area contributed by atoms with Crippen LogP contribution in [-0.4, -0.2) is 20.9 Å². The van der Waals surface area contributed by atoms with Crippen molar-refractivity contribution in [2.24, 2.45) is 0 Å². The fourth-order valence-corrected chi connectivity index (χ4v) is 3.38. The lowest BCUT2D eigenvalue weighted by molar-refractivity contribution is 0.0998. The van der Waals surface area contributed by atoms with E-state index in [0.717, 1.165) is 10.9 Å². The summed E-state index contributed by atoms with van der Waals surface area (Å²) in [6.45, 7) is 0. The van der Waals surface area contributed by atoms with Crippen LogP contribution in [0, 0.1) is 0 Å². The van der Waals surface area contributed by atoms with Gasteiger partial charge in [-0.2, -0.15) is 0 Å². The fourth-order valence-electron chi connectivity index (χ4n) is 2.55. The molecule has 3 aromatic heterocycles. The van der Waals surface area contributed by atoms with Gasteiger partial charge >= 0.3 is 0 Å². The smallest absolute Gasteiger partial charge is 0.291 e. The number of thioether (sulfide) groups is 1.